The van der Waals surface area contributed by atoms with Gasteiger partial charge in [0, 0.05) is 12.8 Å². The Labute approximate surface area is 287 Å². The predicted octanol–water partition coefficient (Wildman–Crippen LogP) is 11.6. The van der Waals surface area contributed by atoms with Gasteiger partial charge in [-0.1, -0.05) is 148 Å². The van der Waals surface area contributed by atoms with Crippen molar-refractivity contribution in [3.8, 4) is 0 Å². The van der Waals surface area contributed by atoms with E-state index in [4.69, 9.17) is 0 Å². The molecule has 0 saturated heterocycles. The molecule has 0 aliphatic carbocycles. The Balaban J connectivity index is 3.87. The van der Waals surface area contributed by atoms with E-state index in [0.717, 1.165) is 38.8 Å². The van der Waals surface area contributed by atoms with E-state index in [-0.39, 0.29) is 18.0 Å². The molecule has 0 unspecified atom stereocenters. The van der Waals surface area contributed by atoms with Crippen LogP contribution in [0.25, 0.3) is 0 Å². The Morgan fingerprint density at radius 3 is 1.13 bits per heavy atom. The molecule has 0 aromatic rings. The van der Waals surface area contributed by atoms with Gasteiger partial charge in [0.05, 0.1) is 0 Å². The highest BCUT2D eigenvalue weighted by molar-refractivity contribution is 5.79. The number of hydrogen-bond donors (Lipinski definition) is 3. The van der Waals surface area contributed by atoms with Crippen LogP contribution >= 0.6 is 0 Å². The molecule has 0 rings (SSSR count). The van der Waals surface area contributed by atoms with Gasteiger partial charge in [-0.05, 0) is 83.7 Å². The van der Waals surface area contributed by atoms with Crippen LogP contribution in [0.3, 0.4) is 0 Å². The Bertz CT molecular complexity index is 652. The first-order valence-corrected chi connectivity index (χ1v) is 20.2. The Morgan fingerprint density at radius 1 is 0.457 bits per heavy atom. The van der Waals surface area contributed by atoms with Gasteiger partial charge in [-0.15, -0.1) is 0 Å². The molecule has 5 nitrogen and oxygen atoms in total. The van der Waals surface area contributed by atoms with Crippen LogP contribution < -0.4 is 16.0 Å². The van der Waals surface area contributed by atoms with Crippen molar-refractivity contribution in [3.05, 3.63) is 24.3 Å². The molecule has 0 heterocycles. The SMILES string of the molecule is CCCCCCCC/C=C\CCCCCCCC(=O)NC(CCNCC)NC(=O)CCCCCCC/C=C\CCCCCCCC. The summed E-state index contributed by atoms with van der Waals surface area (Å²) in [7, 11) is 0. The Kier molecular flexibility index (Phi) is 36.5. The normalized spacial score (nSPS) is 11.7. The summed E-state index contributed by atoms with van der Waals surface area (Å²) in [5, 5.41) is 9.48. The standard InChI is InChI=1S/C41H79N3O2/c1-4-7-9-11-13-15-17-19-21-23-25-27-29-31-33-35-40(45)43-39(37-38-42-6-3)44-41(46)36-34-32-30-28-26-24-22-20-18-16-14-12-10-8-5-2/h19-22,39,42H,4-18,23-38H2,1-3H3,(H,43,45)(H,44,46)/b21-19-,22-20-. The van der Waals surface area contributed by atoms with Crippen molar-refractivity contribution in [2.24, 2.45) is 0 Å². The van der Waals surface area contributed by atoms with Crippen molar-refractivity contribution in [2.45, 2.75) is 213 Å². The van der Waals surface area contributed by atoms with Gasteiger partial charge >= 0.3 is 0 Å². The Morgan fingerprint density at radius 2 is 0.783 bits per heavy atom. The molecule has 0 aliphatic rings. The van der Waals surface area contributed by atoms with Gasteiger partial charge in [-0.25, -0.2) is 0 Å². The number of hydrogen-bond acceptors (Lipinski definition) is 3. The summed E-state index contributed by atoms with van der Waals surface area (Å²) in [5.41, 5.74) is 0. The largest absolute Gasteiger partial charge is 0.336 e. The maximum absolute atomic E-state index is 12.6. The first-order valence-electron chi connectivity index (χ1n) is 20.2. The molecule has 3 N–H and O–H groups in total. The molecule has 0 saturated carbocycles. The number of amides is 2. The summed E-state index contributed by atoms with van der Waals surface area (Å²) >= 11 is 0. The molecule has 5 heteroatoms. The molecule has 0 bridgehead atoms. The fraction of sp³-hybridized carbons (Fsp3) is 0.854. The molecule has 0 aromatic carbocycles. The molecule has 2 amide bonds. The average molecular weight is 646 g/mol. The van der Waals surface area contributed by atoms with Gasteiger partial charge in [-0.2, -0.15) is 0 Å². The number of allylic oxidation sites excluding steroid dienone is 4. The van der Waals surface area contributed by atoms with Gasteiger partial charge in [0.15, 0.2) is 0 Å². The van der Waals surface area contributed by atoms with E-state index >= 15 is 0 Å². The first kappa shape index (κ1) is 44.4. The van der Waals surface area contributed by atoms with Gasteiger partial charge in [0.2, 0.25) is 11.8 Å². The molecular formula is C41H79N3O2. The van der Waals surface area contributed by atoms with E-state index in [1.165, 1.54) is 141 Å². The van der Waals surface area contributed by atoms with Gasteiger partial charge in [-0.3, -0.25) is 9.59 Å². The summed E-state index contributed by atoms with van der Waals surface area (Å²) < 4.78 is 0. The van der Waals surface area contributed by atoms with E-state index in [0.29, 0.717) is 19.3 Å². The zero-order valence-corrected chi connectivity index (χ0v) is 31.1. The number of carbonyl (C=O) groups excluding carboxylic acids is 2. The molecule has 0 aliphatic heterocycles. The molecule has 46 heavy (non-hydrogen) atoms. The highest BCUT2D eigenvalue weighted by Crippen LogP contribution is 2.12. The molecular weight excluding hydrogens is 566 g/mol. The van der Waals surface area contributed by atoms with Crippen LogP contribution in [-0.4, -0.2) is 31.1 Å². The van der Waals surface area contributed by atoms with Gasteiger partial charge in [0.25, 0.3) is 0 Å². The minimum atomic E-state index is -0.287. The minimum Gasteiger partial charge on any atom is -0.336 e. The molecule has 0 fully saturated rings. The smallest absolute Gasteiger partial charge is 0.221 e. The van der Waals surface area contributed by atoms with Crippen molar-refractivity contribution in [1.82, 2.24) is 16.0 Å². The van der Waals surface area contributed by atoms with Gasteiger partial charge < -0.3 is 16.0 Å². The second kappa shape index (κ2) is 37.8. The summed E-state index contributed by atoms with van der Waals surface area (Å²) in [6.07, 6.45) is 43.6. The van der Waals surface area contributed by atoms with Crippen molar-refractivity contribution < 1.29 is 9.59 Å². The summed E-state index contributed by atoms with van der Waals surface area (Å²) in [5.74, 6) is 0.112. The maximum atomic E-state index is 12.6. The third kappa shape index (κ3) is 35.2. The van der Waals surface area contributed by atoms with Crippen LogP contribution in [0.1, 0.15) is 207 Å². The van der Waals surface area contributed by atoms with Crippen LogP contribution in [0.15, 0.2) is 24.3 Å². The zero-order chi connectivity index (χ0) is 33.6. The van der Waals surface area contributed by atoms with Crippen molar-refractivity contribution in [3.63, 3.8) is 0 Å². The highest BCUT2D eigenvalue weighted by Gasteiger charge is 2.14. The monoisotopic (exact) mass is 646 g/mol. The molecule has 0 radical (unpaired) electrons. The first-order chi connectivity index (χ1) is 22.6. The summed E-state index contributed by atoms with van der Waals surface area (Å²) in [4.78, 5) is 25.2. The third-order valence-corrected chi connectivity index (χ3v) is 8.86. The highest BCUT2D eigenvalue weighted by atomic mass is 16.2. The topological polar surface area (TPSA) is 70.2 Å². The minimum absolute atomic E-state index is 0.0560. The maximum Gasteiger partial charge on any atom is 0.221 e. The van der Waals surface area contributed by atoms with Crippen molar-refractivity contribution >= 4 is 11.8 Å². The predicted molar refractivity (Wildman–Crippen MR) is 202 cm³/mol. The van der Waals surface area contributed by atoms with Crippen LogP contribution in [0.4, 0.5) is 0 Å². The number of unbranched alkanes of at least 4 members (excludes halogenated alkanes) is 22. The van der Waals surface area contributed by atoms with Crippen LogP contribution in [0.5, 0.6) is 0 Å². The fourth-order valence-electron chi connectivity index (χ4n) is 5.85. The van der Waals surface area contributed by atoms with Crippen LogP contribution in [0, 0.1) is 0 Å². The number of rotatable bonds is 36. The molecule has 0 aromatic heterocycles. The van der Waals surface area contributed by atoms with Gasteiger partial charge in [0.1, 0.15) is 6.17 Å². The lowest BCUT2D eigenvalue weighted by Gasteiger charge is -2.20. The molecule has 0 spiro atoms. The Hall–Kier alpha value is -1.62. The lowest BCUT2D eigenvalue weighted by Crippen LogP contribution is -2.49. The van der Waals surface area contributed by atoms with E-state index in [9.17, 15) is 9.59 Å². The molecule has 270 valence electrons. The number of nitrogens with one attached hydrogen (secondary N) is 3. The lowest BCUT2D eigenvalue weighted by atomic mass is 10.1. The zero-order valence-electron chi connectivity index (χ0n) is 31.1. The lowest BCUT2D eigenvalue weighted by molar-refractivity contribution is -0.124. The van der Waals surface area contributed by atoms with E-state index in [2.05, 4.69) is 61.0 Å². The van der Waals surface area contributed by atoms with E-state index in [1.807, 2.05) is 0 Å². The quantitative estimate of drug-likeness (QED) is 0.0361. The van der Waals surface area contributed by atoms with Crippen LogP contribution in [-0.2, 0) is 9.59 Å². The number of carbonyl (C=O) groups is 2. The second-order valence-electron chi connectivity index (χ2n) is 13.5. The van der Waals surface area contributed by atoms with Crippen molar-refractivity contribution in [2.75, 3.05) is 13.1 Å². The van der Waals surface area contributed by atoms with Crippen LogP contribution in [0.2, 0.25) is 0 Å². The third-order valence-electron chi connectivity index (χ3n) is 8.86. The van der Waals surface area contributed by atoms with Crippen molar-refractivity contribution in [1.29, 1.82) is 0 Å². The second-order valence-corrected chi connectivity index (χ2v) is 13.5. The molecule has 0 atom stereocenters. The fourth-order valence-corrected chi connectivity index (χ4v) is 5.85. The van der Waals surface area contributed by atoms with E-state index < -0.39 is 0 Å². The summed E-state index contributed by atoms with van der Waals surface area (Å²) in [6.45, 7) is 8.28. The summed E-state index contributed by atoms with van der Waals surface area (Å²) in [6, 6.07) is 0. The average Bonchev–Trinajstić information content (AvgIpc) is 3.04. The van der Waals surface area contributed by atoms with E-state index in [1.54, 1.807) is 0 Å².